The van der Waals surface area contributed by atoms with Gasteiger partial charge in [0, 0.05) is 17.7 Å². The molecule has 7 heteroatoms. The number of esters is 1. The molecule has 0 saturated carbocycles. The predicted octanol–water partition coefficient (Wildman–Crippen LogP) is 6.32. The second kappa shape index (κ2) is 11.9. The number of benzene rings is 2. The normalized spacial score (nSPS) is 14.2. The number of ether oxygens (including phenoxy) is 1. The van der Waals surface area contributed by atoms with E-state index in [2.05, 4.69) is 11.7 Å². The van der Waals surface area contributed by atoms with Crippen molar-refractivity contribution >= 4 is 30.2 Å². The van der Waals surface area contributed by atoms with Crippen molar-refractivity contribution in [1.29, 1.82) is 0 Å². The van der Waals surface area contributed by atoms with Gasteiger partial charge in [0.2, 0.25) is 0 Å². The molecule has 2 aromatic rings. The Morgan fingerprint density at radius 3 is 2.55 bits per heavy atom. The van der Waals surface area contributed by atoms with Crippen LogP contribution in [0.15, 0.2) is 67.3 Å². The molecule has 0 aliphatic carbocycles. The average Bonchev–Trinajstić information content (AvgIpc) is 2.73. The Bertz CT molecular complexity index is 959. The highest BCUT2D eigenvalue weighted by Gasteiger charge is 2.33. The molecule has 1 unspecified atom stereocenters. The van der Waals surface area contributed by atoms with Crippen LogP contribution >= 0.6 is 18.1 Å². The fourth-order valence-electron chi connectivity index (χ4n) is 2.88. The van der Waals surface area contributed by atoms with Crippen molar-refractivity contribution < 1.29 is 18.6 Å². The van der Waals surface area contributed by atoms with E-state index in [0.717, 1.165) is 16.7 Å². The quantitative estimate of drug-likeness (QED) is 0.241. The highest BCUT2D eigenvalue weighted by Crippen LogP contribution is 2.50. The van der Waals surface area contributed by atoms with Crippen LogP contribution in [0.3, 0.4) is 0 Å². The van der Waals surface area contributed by atoms with Crippen LogP contribution in [0.5, 0.6) is 5.75 Å². The lowest BCUT2D eigenvalue weighted by Gasteiger charge is -2.24. The van der Waals surface area contributed by atoms with Crippen LogP contribution in [-0.4, -0.2) is 18.6 Å². The van der Waals surface area contributed by atoms with E-state index >= 15 is 0 Å². The Hall–Kier alpha value is -2.33. The zero-order valence-electron chi connectivity index (χ0n) is 18.1. The summed E-state index contributed by atoms with van der Waals surface area (Å²) >= 11 is 6.19. The molecule has 0 aliphatic rings. The van der Waals surface area contributed by atoms with Crippen LogP contribution in [0.4, 0.5) is 0 Å². The third kappa shape index (κ3) is 8.02. The molecule has 0 spiro atoms. The van der Waals surface area contributed by atoms with Crippen LogP contribution in [0, 0.1) is 12.8 Å². The van der Waals surface area contributed by atoms with E-state index in [-0.39, 0.29) is 12.5 Å². The first-order valence-corrected chi connectivity index (χ1v) is 12.6. The molecule has 2 rings (SSSR count). The first-order chi connectivity index (χ1) is 14.7. The molecule has 0 fully saturated rings. The largest absolute Gasteiger partial charge is 0.464 e. The number of carbonyl (C=O) groups excluding carboxylic acids is 1. The van der Waals surface area contributed by atoms with Crippen molar-refractivity contribution in [2.45, 2.75) is 33.2 Å². The first-order valence-electron chi connectivity index (χ1n) is 10.1. The van der Waals surface area contributed by atoms with Gasteiger partial charge in [0.05, 0.1) is 6.61 Å². The van der Waals surface area contributed by atoms with Gasteiger partial charge in [-0.05, 0) is 35.6 Å². The molecular weight excluding hydrogens is 433 g/mol. The van der Waals surface area contributed by atoms with E-state index < -0.39 is 18.9 Å². The van der Waals surface area contributed by atoms with Gasteiger partial charge in [-0.1, -0.05) is 81.1 Å². The second-order valence-corrected chi connectivity index (χ2v) is 10.1. The zero-order chi connectivity index (χ0) is 22.9. The lowest BCUT2D eigenvalue weighted by Crippen LogP contribution is -2.40. The number of halogens is 1. The minimum absolute atomic E-state index is 0.206. The van der Waals surface area contributed by atoms with Gasteiger partial charge in [-0.3, -0.25) is 4.79 Å². The van der Waals surface area contributed by atoms with E-state index in [4.69, 9.17) is 20.5 Å². The summed E-state index contributed by atoms with van der Waals surface area (Å²) in [6.45, 7) is 5.49. The highest BCUT2D eigenvalue weighted by molar-refractivity contribution is 7.84. The molecule has 1 N–H and O–H groups in total. The first kappa shape index (κ1) is 24.9. The molecule has 0 saturated heterocycles. The van der Waals surface area contributed by atoms with Gasteiger partial charge in [0.25, 0.3) is 0 Å². The molecule has 31 heavy (non-hydrogen) atoms. The van der Waals surface area contributed by atoms with Crippen LogP contribution in [0.2, 0.25) is 0 Å². The molecule has 0 radical (unpaired) electrons. The van der Waals surface area contributed by atoms with E-state index in [0.29, 0.717) is 12.2 Å². The Balaban J connectivity index is 2.04. The van der Waals surface area contributed by atoms with Crippen molar-refractivity contribution in [1.82, 2.24) is 5.09 Å². The van der Waals surface area contributed by atoms with Gasteiger partial charge in [-0.2, -0.15) is 0 Å². The van der Waals surface area contributed by atoms with Gasteiger partial charge < -0.3 is 9.26 Å². The van der Waals surface area contributed by atoms with Crippen molar-refractivity contribution in [2.24, 2.45) is 5.92 Å². The summed E-state index contributed by atoms with van der Waals surface area (Å²) in [6.07, 6.45) is 5.92. The fourth-order valence-corrected chi connectivity index (χ4v) is 4.66. The average molecular weight is 462 g/mol. The monoisotopic (exact) mass is 461 g/mol. The number of hydrogen-bond donors (Lipinski definition) is 1. The molecule has 0 bridgehead atoms. The van der Waals surface area contributed by atoms with E-state index in [9.17, 15) is 9.36 Å². The van der Waals surface area contributed by atoms with Crippen molar-refractivity contribution in [2.75, 3.05) is 6.61 Å². The van der Waals surface area contributed by atoms with Gasteiger partial charge >= 0.3 is 12.8 Å². The number of carbonyl (C=O) groups is 1. The second-order valence-electron chi connectivity index (χ2n) is 7.39. The maximum absolute atomic E-state index is 13.0. The van der Waals surface area contributed by atoms with Gasteiger partial charge in [0.1, 0.15) is 11.8 Å². The van der Waals surface area contributed by atoms with Gasteiger partial charge in [-0.25, -0.2) is 9.65 Å². The maximum atomic E-state index is 13.0. The fraction of sp³-hybridized carbons (Fsp3) is 0.292. The molecule has 0 heterocycles. The SMILES string of the molecule is C=C/C=C\c1cccc(OP(=O)(Cl)N[C@H](C(=O)OCCc2ccccc2)C(C)C)c1C. The third-order valence-corrected chi connectivity index (χ3v) is 6.16. The van der Waals surface area contributed by atoms with Gasteiger partial charge in [0.15, 0.2) is 0 Å². The summed E-state index contributed by atoms with van der Waals surface area (Å²) in [5.74, 6) is -0.352. The molecule has 0 aromatic heterocycles. The Morgan fingerprint density at radius 1 is 1.19 bits per heavy atom. The smallest absolute Gasteiger partial charge is 0.409 e. The topological polar surface area (TPSA) is 64.6 Å². The minimum atomic E-state index is -3.86. The number of rotatable bonds is 11. The molecular formula is C24H29ClNO4P. The minimum Gasteiger partial charge on any atom is -0.464 e. The van der Waals surface area contributed by atoms with E-state index in [1.807, 2.05) is 63.2 Å². The number of hydrogen-bond acceptors (Lipinski definition) is 4. The Kier molecular flexibility index (Phi) is 9.57. The van der Waals surface area contributed by atoms with Crippen molar-refractivity contribution in [3.05, 3.63) is 84.0 Å². The molecule has 2 atom stereocenters. The Morgan fingerprint density at radius 2 is 1.90 bits per heavy atom. The van der Waals surface area contributed by atoms with Crippen molar-refractivity contribution in [3.63, 3.8) is 0 Å². The maximum Gasteiger partial charge on any atom is 0.409 e. The lowest BCUT2D eigenvalue weighted by atomic mass is 10.1. The van der Waals surface area contributed by atoms with E-state index in [1.165, 1.54) is 0 Å². The van der Waals surface area contributed by atoms with Crippen LogP contribution in [0.1, 0.15) is 30.5 Å². The number of nitrogens with one attached hydrogen (secondary N) is 1. The summed E-state index contributed by atoms with van der Waals surface area (Å²) in [4.78, 5) is 12.6. The van der Waals surface area contributed by atoms with Crippen LogP contribution in [-0.2, 0) is 20.5 Å². The van der Waals surface area contributed by atoms with Crippen LogP contribution < -0.4 is 9.61 Å². The van der Waals surface area contributed by atoms with Crippen LogP contribution in [0.25, 0.3) is 6.08 Å². The standard InChI is InChI=1S/C24H29ClNO4P/c1-5-6-13-21-14-10-15-22(19(21)4)30-31(25,28)26-23(18(2)3)24(27)29-17-16-20-11-8-7-9-12-20/h5-15,18,23H,1,16-17H2,2-4H3,(H,26,28)/b13-6-/t23-,31?/m0/s1. The zero-order valence-corrected chi connectivity index (χ0v) is 19.7. The molecule has 0 amide bonds. The summed E-state index contributed by atoms with van der Waals surface area (Å²) in [7, 11) is 0. The molecule has 0 aliphatic heterocycles. The summed E-state index contributed by atoms with van der Waals surface area (Å²) < 4.78 is 24.0. The third-order valence-electron chi connectivity index (χ3n) is 4.65. The Labute approximate surface area is 189 Å². The molecule has 2 aromatic carbocycles. The summed E-state index contributed by atoms with van der Waals surface area (Å²) in [5.41, 5.74) is 2.72. The van der Waals surface area contributed by atoms with Gasteiger partial charge in [-0.15, -0.1) is 0 Å². The lowest BCUT2D eigenvalue weighted by molar-refractivity contribution is -0.146. The predicted molar refractivity (Wildman–Crippen MR) is 127 cm³/mol. The summed E-state index contributed by atoms with van der Waals surface area (Å²) in [5, 5.41) is 2.67. The highest BCUT2D eigenvalue weighted by atomic mass is 35.7. The van der Waals surface area contributed by atoms with Crippen molar-refractivity contribution in [3.8, 4) is 5.75 Å². The number of allylic oxidation sites excluding steroid dienone is 2. The molecule has 166 valence electrons. The molecule has 5 nitrogen and oxygen atoms in total. The van der Waals surface area contributed by atoms with E-state index in [1.54, 1.807) is 24.3 Å². The summed E-state index contributed by atoms with van der Waals surface area (Å²) in [6, 6.07) is 14.2.